The van der Waals surface area contributed by atoms with E-state index in [9.17, 15) is 15.3 Å². The van der Waals surface area contributed by atoms with E-state index in [0.29, 0.717) is 21.7 Å². The Balaban J connectivity index is 2.11. The summed E-state index contributed by atoms with van der Waals surface area (Å²) in [7, 11) is 0. The van der Waals surface area contributed by atoms with E-state index < -0.39 is 0 Å². The van der Waals surface area contributed by atoms with E-state index in [2.05, 4.69) is 16.2 Å². The first kappa shape index (κ1) is 18.0. The fourth-order valence-corrected chi connectivity index (χ4v) is 3.58. The molecule has 138 valence electrons. The number of carbonyl (C=O) groups is 1. The van der Waals surface area contributed by atoms with Gasteiger partial charge < -0.3 is 5.73 Å². The van der Waals surface area contributed by atoms with Crippen molar-refractivity contribution in [2.24, 2.45) is 0 Å². The highest BCUT2D eigenvalue weighted by atomic mass is 32.1. The van der Waals surface area contributed by atoms with Crippen molar-refractivity contribution in [3.63, 3.8) is 0 Å². The van der Waals surface area contributed by atoms with Crippen LogP contribution >= 0.6 is 11.3 Å². The lowest BCUT2D eigenvalue weighted by atomic mass is 10.1. The molecule has 1 aromatic carbocycles. The highest BCUT2D eigenvalue weighted by Crippen LogP contribution is 2.30. The molecule has 0 amide bonds. The number of carbonyl (C=O) groups excluding carboxylic acids is 1. The van der Waals surface area contributed by atoms with E-state index in [1.165, 1.54) is 22.1 Å². The molecule has 1 aromatic heterocycles. The Hall–Kier alpha value is -4.34. The number of pyridine rings is 1. The Bertz CT molecular complexity index is 1370. The number of nitrogens with one attached hydrogen (secondary N) is 1. The van der Waals surface area contributed by atoms with Crippen molar-refractivity contribution in [2.75, 3.05) is 5.73 Å². The lowest BCUT2D eigenvalue weighted by molar-refractivity contribution is 0.103. The zero-order chi connectivity index (χ0) is 20.5. The number of nitrogens with zero attached hydrogens (tertiary/aromatic N) is 5. The first-order valence-electron chi connectivity index (χ1n) is 8.31. The van der Waals surface area contributed by atoms with Crippen LogP contribution in [0.5, 0.6) is 0 Å². The molecule has 0 saturated heterocycles. The van der Waals surface area contributed by atoms with E-state index >= 15 is 0 Å². The van der Waals surface area contributed by atoms with Gasteiger partial charge in [0.1, 0.15) is 23.4 Å². The maximum atomic E-state index is 12.9. The number of rotatable bonds is 3. The number of benzene rings is 1. The molecule has 2 aromatic rings. The Morgan fingerprint density at radius 1 is 1.17 bits per heavy atom. The molecule has 0 saturated carbocycles. The summed E-state index contributed by atoms with van der Waals surface area (Å²) < 4.78 is 1.32. The van der Waals surface area contributed by atoms with E-state index in [-0.39, 0.29) is 34.0 Å². The topological polar surface area (TPSA) is 145 Å². The van der Waals surface area contributed by atoms with Gasteiger partial charge in [-0.3, -0.25) is 10.2 Å². The summed E-state index contributed by atoms with van der Waals surface area (Å²) in [5, 5.41) is 33.0. The van der Waals surface area contributed by atoms with Crippen LogP contribution < -0.4 is 11.2 Å². The van der Waals surface area contributed by atoms with Crippen molar-refractivity contribution in [3.8, 4) is 29.2 Å². The van der Waals surface area contributed by atoms with Crippen LogP contribution in [0.3, 0.4) is 0 Å². The average molecular weight is 397 g/mol. The van der Waals surface area contributed by atoms with E-state index in [4.69, 9.17) is 11.1 Å². The molecule has 0 spiro atoms. The Morgan fingerprint density at radius 3 is 2.66 bits per heavy atom. The van der Waals surface area contributed by atoms with Crippen LogP contribution in [0.25, 0.3) is 17.1 Å². The van der Waals surface area contributed by atoms with Crippen LogP contribution in [0.2, 0.25) is 0 Å². The molecule has 2 aliphatic rings. The van der Waals surface area contributed by atoms with E-state index in [1.54, 1.807) is 41.8 Å². The number of nitrogen functional groups attached to an aromatic ring is 1. The summed E-state index contributed by atoms with van der Waals surface area (Å²) in [5.41, 5.74) is 6.87. The molecule has 2 aliphatic heterocycles. The molecule has 3 N–H and O–H groups in total. The van der Waals surface area contributed by atoms with Gasteiger partial charge in [0.05, 0.1) is 21.8 Å². The summed E-state index contributed by atoms with van der Waals surface area (Å²) in [4.78, 5) is 17.6. The summed E-state index contributed by atoms with van der Waals surface area (Å²) in [5.74, 6) is -0.144. The number of fused-ring (bicyclic) bond motifs is 1. The fraction of sp³-hybridized carbons (Fsp3) is 0. The molecular weight excluding hydrogens is 386 g/mol. The molecule has 9 heteroatoms. The van der Waals surface area contributed by atoms with Gasteiger partial charge in [0.15, 0.2) is 11.3 Å². The summed E-state index contributed by atoms with van der Waals surface area (Å²) in [6, 6.07) is 15.6. The SMILES string of the molecule is N#Cc1ccccc1-n1nc(C(=O)c2cccs2)cc2c(N)c(C#N)c(=N)nc1-2. The average Bonchev–Trinajstić information content (AvgIpc) is 3.28. The van der Waals surface area contributed by atoms with Crippen molar-refractivity contribution in [2.45, 2.75) is 0 Å². The van der Waals surface area contributed by atoms with Gasteiger partial charge in [-0.05, 0) is 29.6 Å². The van der Waals surface area contributed by atoms with Crippen molar-refractivity contribution < 1.29 is 4.79 Å². The zero-order valence-corrected chi connectivity index (χ0v) is 15.6. The number of hydrogen-bond donors (Lipinski definition) is 2. The fourth-order valence-electron chi connectivity index (χ4n) is 2.91. The van der Waals surface area contributed by atoms with Crippen LogP contribution in [0.1, 0.15) is 26.5 Å². The second-order valence-electron chi connectivity index (χ2n) is 5.97. The summed E-state index contributed by atoms with van der Waals surface area (Å²) in [6.45, 7) is 0. The van der Waals surface area contributed by atoms with Crippen LogP contribution in [0, 0.1) is 28.1 Å². The van der Waals surface area contributed by atoms with E-state index in [0.717, 1.165) is 0 Å². The lowest BCUT2D eigenvalue weighted by Crippen LogP contribution is -2.22. The van der Waals surface area contributed by atoms with Gasteiger partial charge in [-0.15, -0.1) is 11.3 Å². The Morgan fingerprint density at radius 2 is 1.97 bits per heavy atom. The minimum absolute atomic E-state index is 0.0355. The van der Waals surface area contributed by atoms with Gasteiger partial charge >= 0.3 is 0 Å². The largest absolute Gasteiger partial charge is 0.397 e. The summed E-state index contributed by atoms with van der Waals surface area (Å²) >= 11 is 1.27. The van der Waals surface area contributed by atoms with Crippen molar-refractivity contribution in [1.82, 2.24) is 14.8 Å². The van der Waals surface area contributed by atoms with Crippen LogP contribution in [0.4, 0.5) is 5.69 Å². The number of nitrogens with two attached hydrogens (primary N) is 1. The molecule has 8 nitrogen and oxygen atoms in total. The number of thiophene rings is 1. The number of ketones is 1. The molecule has 0 aliphatic carbocycles. The molecular formula is C20H11N7OS. The van der Waals surface area contributed by atoms with E-state index in [1.807, 2.05) is 6.07 Å². The third-order valence-corrected chi connectivity index (χ3v) is 5.16. The normalized spacial score (nSPS) is 10.4. The lowest BCUT2D eigenvalue weighted by Gasteiger charge is -2.18. The second-order valence-corrected chi connectivity index (χ2v) is 6.92. The zero-order valence-electron chi connectivity index (χ0n) is 14.7. The van der Waals surface area contributed by atoms with Gasteiger partial charge in [-0.1, -0.05) is 18.2 Å². The predicted octanol–water partition coefficient (Wildman–Crippen LogP) is 2.47. The minimum atomic E-state index is -0.321. The second kappa shape index (κ2) is 7.00. The summed E-state index contributed by atoms with van der Waals surface area (Å²) in [6.07, 6.45) is 0. The number of aromatic nitrogens is 3. The third kappa shape index (κ3) is 2.92. The van der Waals surface area contributed by atoms with Gasteiger partial charge in [-0.2, -0.15) is 15.6 Å². The number of anilines is 1. The maximum Gasteiger partial charge on any atom is 0.223 e. The maximum absolute atomic E-state index is 12.9. The van der Waals surface area contributed by atoms with Crippen LogP contribution in [-0.4, -0.2) is 20.5 Å². The predicted molar refractivity (Wildman–Crippen MR) is 105 cm³/mol. The van der Waals surface area contributed by atoms with Crippen molar-refractivity contribution >= 4 is 22.8 Å². The monoisotopic (exact) mass is 397 g/mol. The number of hydrogen-bond acceptors (Lipinski definition) is 8. The van der Waals surface area contributed by atoms with Crippen LogP contribution in [-0.2, 0) is 0 Å². The molecule has 0 fully saturated rings. The van der Waals surface area contributed by atoms with Gasteiger partial charge in [-0.25, -0.2) is 9.67 Å². The highest BCUT2D eigenvalue weighted by molar-refractivity contribution is 7.12. The Kier molecular flexibility index (Phi) is 4.36. The molecule has 0 bridgehead atoms. The van der Waals surface area contributed by atoms with Gasteiger partial charge in [0.2, 0.25) is 5.78 Å². The van der Waals surface area contributed by atoms with Crippen molar-refractivity contribution in [3.05, 3.63) is 75.0 Å². The molecule has 0 unspecified atom stereocenters. The third-order valence-electron chi connectivity index (χ3n) is 4.29. The number of para-hydroxylation sites is 1. The standard InChI is InChI=1S/C20H11N7OS/c21-9-11-4-1-2-5-15(11)27-20-12(17(23)13(10-22)19(24)25-20)8-14(26-27)18(28)16-6-3-7-29-16/h1-8,24H,23H2. The Labute approximate surface area is 168 Å². The molecule has 3 heterocycles. The molecule has 4 rings (SSSR count). The highest BCUT2D eigenvalue weighted by Gasteiger charge is 2.24. The smallest absolute Gasteiger partial charge is 0.223 e. The van der Waals surface area contributed by atoms with Crippen molar-refractivity contribution in [1.29, 1.82) is 15.9 Å². The molecule has 0 atom stereocenters. The van der Waals surface area contributed by atoms with Gasteiger partial charge in [0.25, 0.3) is 0 Å². The quantitative estimate of drug-likeness (QED) is 0.508. The first-order valence-corrected chi connectivity index (χ1v) is 9.19. The molecule has 29 heavy (non-hydrogen) atoms. The van der Waals surface area contributed by atoms with Crippen LogP contribution in [0.15, 0.2) is 47.8 Å². The first-order chi connectivity index (χ1) is 14.0. The molecule has 0 radical (unpaired) electrons. The van der Waals surface area contributed by atoms with Gasteiger partial charge in [0, 0.05) is 5.56 Å². The minimum Gasteiger partial charge on any atom is -0.397 e. The number of nitriles is 2.